The van der Waals surface area contributed by atoms with Crippen molar-refractivity contribution in [2.75, 3.05) is 19.6 Å². The molecule has 0 amide bonds. The molecule has 2 aromatic rings. The molecule has 2 aliphatic heterocycles. The number of hydrogen-bond acceptors (Lipinski definition) is 3. The van der Waals surface area contributed by atoms with Crippen molar-refractivity contribution < 1.29 is 4.74 Å². The second kappa shape index (κ2) is 7.59. The van der Waals surface area contributed by atoms with Crippen LogP contribution in [0.3, 0.4) is 0 Å². The van der Waals surface area contributed by atoms with Crippen molar-refractivity contribution in [3.63, 3.8) is 0 Å². The molecule has 2 fully saturated rings. The molecular weight excluding hydrogens is 308 g/mol. The minimum atomic E-state index is 0.626. The monoisotopic (exact) mass is 336 g/mol. The van der Waals surface area contributed by atoms with Crippen molar-refractivity contribution >= 4 is 0 Å². The van der Waals surface area contributed by atoms with Gasteiger partial charge in [0.05, 0.1) is 0 Å². The molecule has 4 rings (SSSR count). The highest BCUT2D eigenvalue weighted by Gasteiger charge is 2.36. The van der Waals surface area contributed by atoms with Gasteiger partial charge >= 0.3 is 0 Å². The van der Waals surface area contributed by atoms with Crippen LogP contribution in [-0.4, -0.2) is 41.5 Å². The van der Waals surface area contributed by atoms with E-state index in [1.165, 1.54) is 43.6 Å². The first-order valence-corrected chi connectivity index (χ1v) is 9.53. The minimum Gasteiger partial charge on any atom is -0.489 e. The average molecular weight is 336 g/mol. The number of rotatable bonds is 5. The van der Waals surface area contributed by atoms with E-state index < -0.39 is 0 Å². The molecule has 0 spiro atoms. The number of hydrogen-bond donors (Lipinski definition) is 0. The molecule has 0 aromatic heterocycles. The lowest BCUT2D eigenvalue weighted by Gasteiger charge is -2.43. The van der Waals surface area contributed by atoms with Crippen LogP contribution in [0.5, 0.6) is 5.75 Å². The normalized spacial score (nSPS) is 24.2. The number of fused-ring (bicyclic) bond motifs is 1. The molecule has 0 aliphatic carbocycles. The highest BCUT2D eigenvalue weighted by Crippen LogP contribution is 2.28. The maximum absolute atomic E-state index is 5.99. The zero-order valence-corrected chi connectivity index (χ0v) is 15.1. The van der Waals surface area contributed by atoms with Gasteiger partial charge in [-0.15, -0.1) is 0 Å². The molecule has 0 bridgehead atoms. The Morgan fingerprint density at radius 3 is 2.68 bits per heavy atom. The molecule has 2 saturated heterocycles. The number of nitrogens with zero attached hydrogens (tertiary/aromatic N) is 2. The van der Waals surface area contributed by atoms with Crippen LogP contribution in [0.2, 0.25) is 0 Å². The van der Waals surface area contributed by atoms with Gasteiger partial charge in [-0.1, -0.05) is 42.5 Å². The maximum Gasteiger partial charge on any atom is 0.120 e. The van der Waals surface area contributed by atoms with E-state index >= 15 is 0 Å². The smallest absolute Gasteiger partial charge is 0.120 e. The lowest BCUT2D eigenvalue weighted by Crippen LogP contribution is -2.55. The van der Waals surface area contributed by atoms with Crippen LogP contribution in [0.15, 0.2) is 54.6 Å². The quantitative estimate of drug-likeness (QED) is 0.823. The SMILES string of the molecule is C[C@@H]1[C@H]2CCCN2CCN1Cc1cccc(OCc2ccccc2)c1. The van der Waals surface area contributed by atoms with E-state index in [0.29, 0.717) is 12.6 Å². The van der Waals surface area contributed by atoms with Crippen LogP contribution in [0.25, 0.3) is 0 Å². The predicted molar refractivity (Wildman–Crippen MR) is 102 cm³/mol. The molecule has 2 aliphatic rings. The summed E-state index contributed by atoms with van der Waals surface area (Å²) in [6.07, 6.45) is 2.73. The van der Waals surface area contributed by atoms with Crippen molar-refractivity contribution in [1.29, 1.82) is 0 Å². The third-order valence-electron chi connectivity index (χ3n) is 5.75. The zero-order valence-electron chi connectivity index (χ0n) is 15.1. The van der Waals surface area contributed by atoms with E-state index in [2.05, 4.69) is 65.3 Å². The Hall–Kier alpha value is -1.84. The van der Waals surface area contributed by atoms with Gasteiger partial charge < -0.3 is 4.74 Å². The fraction of sp³-hybridized carbons (Fsp3) is 0.455. The van der Waals surface area contributed by atoms with Crippen molar-refractivity contribution in [2.45, 2.75) is 45.0 Å². The van der Waals surface area contributed by atoms with Crippen LogP contribution in [0.1, 0.15) is 30.9 Å². The first kappa shape index (κ1) is 16.6. The Morgan fingerprint density at radius 1 is 0.960 bits per heavy atom. The molecule has 2 atom stereocenters. The zero-order chi connectivity index (χ0) is 17.1. The third-order valence-corrected chi connectivity index (χ3v) is 5.75. The largest absolute Gasteiger partial charge is 0.489 e. The first-order chi connectivity index (χ1) is 12.3. The van der Waals surface area contributed by atoms with Gasteiger partial charge in [0.25, 0.3) is 0 Å². The molecule has 0 radical (unpaired) electrons. The predicted octanol–water partition coefficient (Wildman–Crippen LogP) is 3.93. The highest BCUT2D eigenvalue weighted by atomic mass is 16.5. The van der Waals surface area contributed by atoms with Crippen LogP contribution >= 0.6 is 0 Å². The van der Waals surface area contributed by atoms with Gasteiger partial charge in [-0.2, -0.15) is 0 Å². The fourth-order valence-corrected chi connectivity index (χ4v) is 4.31. The molecule has 2 aromatic carbocycles. The Balaban J connectivity index is 1.38. The van der Waals surface area contributed by atoms with Gasteiger partial charge in [0.1, 0.15) is 12.4 Å². The molecule has 0 N–H and O–H groups in total. The maximum atomic E-state index is 5.99. The summed E-state index contributed by atoms with van der Waals surface area (Å²) >= 11 is 0. The number of ether oxygens (including phenoxy) is 1. The summed E-state index contributed by atoms with van der Waals surface area (Å²) in [5.74, 6) is 0.966. The van der Waals surface area contributed by atoms with Crippen LogP contribution in [0.4, 0.5) is 0 Å². The van der Waals surface area contributed by atoms with Crippen LogP contribution in [-0.2, 0) is 13.2 Å². The second-order valence-corrected chi connectivity index (χ2v) is 7.38. The van der Waals surface area contributed by atoms with Crippen LogP contribution in [0, 0.1) is 0 Å². The van der Waals surface area contributed by atoms with Crippen LogP contribution < -0.4 is 4.74 Å². The second-order valence-electron chi connectivity index (χ2n) is 7.38. The summed E-state index contributed by atoms with van der Waals surface area (Å²) in [5, 5.41) is 0. The van der Waals surface area contributed by atoms with Crippen molar-refractivity contribution in [2.24, 2.45) is 0 Å². The fourth-order valence-electron chi connectivity index (χ4n) is 4.31. The third kappa shape index (κ3) is 3.88. The molecule has 2 heterocycles. The summed E-state index contributed by atoms with van der Waals surface area (Å²) < 4.78 is 5.99. The van der Waals surface area contributed by atoms with Gasteiger partial charge in [-0.25, -0.2) is 0 Å². The lowest BCUT2D eigenvalue weighted by molar-refractivity contribution is 0.0470. The van der Waals surface area contributed by atoms with Gasteiger partial charge in [0.15, 0.2) is 0 Å². The average Bonchev–Trinajstić information content (AvgIpc) is 3.13. The number of benzene rings is 2. The Bertz CT molecular complexity index is 687. The Labute approximate surface area is 151 Å². The summed E-state index contributed by atoms with van der Waals surface area (Å²) in [7, 11) is 0. The van der Waals surface area contributed by atoms with Gasteiger partial charge in [0.2, 0.25) is 0 Å². The standard InChI is InChI=1S/C22H28N2O/c1-18-22-11-6-12-23(22)13-14-24(18)16-20-9-5-10-21(15-20)25-17-19-7-3-2-4-8-19/h2-5,7-10,15,18,22H,6,11-14,16-17H2,1H3/t18-,22-/m1/s1. The van der Waals surface area contributed by atoms with E-state index in [1.54, 1.807) is 0 Å². The Kier molecular flexibility index (Phi) is 5.04. The highest BCUT2D eigenvalue weighted by molar-refractivity contribution is 5.29. The van der Waals surface area contributed by atoms with E-state index in [4.69, 9.17) is 4.74 Å². The first-order valence-electron chi connectivity index (χ1n) is 9.53. The summed E-state index contributed by atoms with van der Waals surface area (Å²) in [4.78, 5) is 5.32. The summed E-state index contributed by atoms with van der Waals surface area (Å²) in [5.41, 5.74) is 2.56. The van der Waals surface area contributed by atoms with Gasteiger partial charge in [-0.3, -0.25) is 9.80 Å². The molecule has 3 heteroatoms. The van der Waals surface area contributed by atoms with Crippen molar-refractivity contribution in [3.05, 3.63) is 65.7 Å². The van der Waals surface area contributed by atoms with Crippen molar-refractivity contribution in [3.8, 4) is 5.75 Å². The van der Waals surface area contributed by atoms with E-state index in [0.717, 1.165) is 18.3 Å². The van der Waals surface area contributed by atoms with E-state index in [9.17, 15) is 0 Å². The molecule has 132 valence electrons. The summed E-state index contributed by atoms with van der Waals surface area (Å²) in [6.45, 7) is 7.74. The molecule has 0 unspecified atom stereocenters. The van der Waals surface area contributed by atoms with E-state index in [1.807, 2.05) is 6.07 Å². The molecular formula is C22H28N2O. The van der Waals surface area contributed by atoms with Crippen molar-refractivity contribution in [1.82, 2.24) is 9.80 Å². The minimum absolute atomic E-state index is 0.626. The lowest BCUT2D eigenvalue weighted by atomic mass is 10.0. The number of piperazine rings is 1. The van der Waals surface area contributed by atoms with E-state index in [-0.39, 0.29) is 0 Å². The topological polar surface area (TPSA) is 15.7 Å². The van der Waals surface area contributed by atoms with Gasteiger partial charge in [0, 0.05) is 31.7 Å². The van der Waals surface area contributed by atoms with Gasteiger partial charge in [-0.05, 0) is 49.6 Å². The molecule has 25 heavy (non-hydrogen) atoms. The Morgan fingerprint density at radius 2 is 1.80 bits per heavy atom. The molecule has 0 saturated carbocycles. The summed E-state index contributed by atoms with van der Waals surface area (Å²) in [6, 6.07) is 20.4. The molecule has 3 nitrogen and oxygen atoms in total.